The number of benzene rings is 2. The van der Waals surface area contributed by atoms with Gasteiger partial charge in [0.1, 0.15) is 5.52 Å². The van der Waals surface area contributed by atoms with Gasteiger partial charge in [0.15, 0.2) is 5.65 Å². The molecule has 160 valence electrons. The van der Waals surface area contributed by atoms with Crippen molar-refractivity contribution in [3.63, 3.8) is 0 Å². The minimum Gasteiger partial charge on any atom is -0.327 e. The predicted molar refractivity (Wildman–Crippen MR) is 117 cm³/mol. The van der Waals surface area contributed by atoms with Crippen molar-refractivity contribution >= 4 is 73.0 Å². The van der Waals surface area contributed by atoms with Gasteiger partial charge in [0.25, 0.3) is 0 Å². The zero-order valence-electron chi connectivity index (χ0n) is 15.7. The Labute approximate surface area is 191 Å². The summed E-state index contributed by atoms with van der Waals surface area (Å²) < 4.78 is 41.4. The van der Waals surface area contributed by atoms with Crippen LogP contribution in [0.2, 0.25) is 5.02 Å². The van der Waals surface area contributed by atoms with Gasteiger partial charge in [0.2, 0.25) is 11.1 Å². The van der Waals surface area contributed by atoms with Crippen molar-refractivity contribution in [2.45, 2.75) is 11.3 Å². The molecule has 2 aromatic carbocycles. The fraction of sp³-hybridized carbons (Fsp3) is 0.158. The number of hydrogen-bond donors (Lipinski definition) is 1. The number of rotatable bonds is 4. The van der Waals surface area contributed by atoms with Gasteiger partial charge in [-0.1, -0.05) is 39.3 Å². The number of nitrogens with zero attached hydrogens (tertiary/aromatic N) is 4. The molecular formula is C19H12BrClF3N5OS. The van der Waals surface area contributed by atoms with Crippen LogP contribution >= 0.6 is 39.3 Å². The minimum atomic E-state index is -4.54. The number of aromatic nitrogens is 4. The number of fused-ring (bicyclic) bond motifs is 3. The quantitative estimate of drug-likeness (QED) is 0.344. The summed E-state index contributed by atoms with van der Waals surface area (Å²) in [6, 6.07) is 8.50. The van der Waals surface area contributed by atoms with Gasteiger partial charge in [-0.2, -0.15) is 13.2 Å². The molecule has 0 spiro atoms. The van der Waals surface area contributed by atoms with Gasteiger partial charge in [-0.25, -0.2) is 4.98 Å². The molecule has 4 rings (SSSR count). The minimum absolute atomic E-state index is 0.00680. The molecule has 12 heteroatoms. The Morgan fingerprint density at radius 3 is 2.74 bits per heavy atom. The van der Waals surface area contributed by atoms with Gasteiger partial charge in [-0.15, -0.1) is 10.2 Å². The highest BCUT2D eigenvalue weighted by Gasteiger charge is 2.31. The third kappa shape index (κ3) is 4.48. The highest BCUT2D eigenvalue weighted by atomic mass is 79.9. The Kier molecular flexibility index (Phi) is 5.84. The molecule has 0 radical (unpaired) electrons. The van der Waals surface area contributed by atoms with Crippen LogP contribution in [0.5, 0.6) is 0 Å². The maximum absolute atomic E-state index is 12.9. The first-order valence-electron chi connectivity index (χ1n) is 8.71. The lowest BCUT2D eigenvalue weighted by atomic mass is 10.2. The van der Waals surface area contributed by atoms with Gasteiger partial charge < -0.3 is 9.88 Å². The molecule has 0 unspecified atom stereocenters. The largest absolute Gasteiger partial charge is 0.416 e. The third-order valence-corrected chi connectivity index (χ3v) is 6.10. The summed E-state index contributed by atoms with van der Waals surface area (Å²) in [6.07, 6.45) is -4.54. The van der Waals surface area contributed by atoms with Crippen LogP contribution in [0.1, 0.15) is 5.56 Å². The number of amides is 1. The smallest absolute Gasteiger partial charge is 0.327 e. The van der Waals surface area contributed by atoms with Crippen LogP contribution in [0.25, 0.3) is 22.1 Å². The first kappa shape index (κ1) is 21.8. The van der Waals surface area contributed by atoms with Crippen LogP contribution in [0, 0.1) is 0 Å². The van der Waals surface area contributed by atoms with Crippen LogP contribution in [0.3, 0.4) is 0 Å². The molecule has 1 amide bonds. The van der Waals surface area contributed by atoms with E-state index in [1.165, 1.54) is 0 Å². The SMILES string of the molecule is Cn1c2ccc(Br)cc2c2nnc(SCC(=O)Nc3cc(C(F)(F)F)ccc3Cl)nc21. The summed E-state index contributed by atoms with van der Waals surface area (Å²) in [4.78, 5) is 16.7. The molecule has 0 saturated carbocycles. The second kappa shape index (κ2) is 8.29. The van der Waals surface area contributed by atoms with E-state index in [0.717, 1.165) is 45.3 Å². The van der Waals surface area contributed by atoms with E-state index >= 15 is 0 Å². The predicted octanol–water partition coefficient (Wildman–Crippen LogP) is 5.68. The Balaban J connectivity index is 1.51. The number of carbonyl (C=O) groups is 1. The van der Waals surface area contributed by atoms with E-state index in [9.17, 15) is 18.0 Å². The Hall–Kier alpha value is -2.37. The molecule has 6 nitrogen and oxygen atoms in total. The van der Waals surface area contributed by atoms with Crippen LogP contribution in [-0.2, 0) is 18.0 Å². The topological polar surface area (TPSA) is 72.7 Å². The molecule has 0 aliphatic rings. The zero-order chi connectivity index (χ0) is 22.3. The van der Waals surface area contributed by atoms with Crippen molar-refractivity contribution in [2.75, 3.05) is 11.1 Å². The molecule has 0 aliphatic heterocycles. The number of alkyl halides is 3. The van der Waals surface area contributed by atoms with Crippen LogP contribution < -0.4 is 5.32 Å². The van der Waals surface area contributed by atoms with Crippen LogP contribution in [0.15, 0.2) is 46.0 Å². The number of thioether (sulfide) groups is 1. The lowest BCUT2D eigenvalue weighted by Gasteiger charge is -2.11. The van der Waals surface area contributed by atoms with E-state index < -0.39 is 17.6 Å². The van der Waals surface area contributed by atoms with Crippen molar-refractivity contribution < 1.29 is 18.0 Å². The maximum Gasteiger partial charge on any atom is 0.416 e. The molecule has 1 N–H and O–H groups in total. The van der Waals surface area contributed by atoms with E-state index in [-0.39, 0.29) is 21.6 Å². The zero-order valence-corrected chi connectivity index (χ0v) is 18.8. The van der Waals surface area contributed by atoms with Gasteiger partial charge >= 0.3 is 6.18 Å². The monoisotopic (exact) mass is 529 g/mol. The number of nitrogens with one attached hydrogen (secondary N) is 1. The normalized spacial score (nSPS) is 11.9. The van der Waals surface area contributed by atoms with Crippen LogP contribution in [-0.4, -0.2) is 31.4 Å². The molecule has 31 heavy (non-hydrogen) atoms. The first-order valence-corrected chi connectivity index (χ1v) is 10.9. The van der Waals surface area contributed by atoms with E-state index in [2.05, 4.69) is 36.4 Å². The summed E-state index contributed by atoms with van der Waals surface area (Å²) in [6.45, 7) is 0. The Bertz CT molecular complexity index is 1330. The van der Waals surface area contributed by atoms with Crippen molar-refractivity contribution in [1.29, 1.82) is 0 Å². The lowest BCUT2D eigenvalue weighted by molar-refractivity contribution is -0.137. The molecule has 0 fully saturated rings. The number of halogens is 5. The van der Waals surface area contributed by atoms with Gasteiger partial charge in [0, 0.05) is 16.9 Å². The molecule has 2 aromatic heterocycles. The molecular weight excluding hydrogens is 519 g/mol. The van der Waals surface area contributed by atoms with Crippen molar-refractivity contribution in [3.05, 3.63) is 51.5 Å². The van der Waals surface area contributed by atoms with E-state index in [1.54, 1.807) is 0 Å². The molecule has 2 heterocycles. The van der Waals surface area contributed by atoms with Gasteiger partial charge in [0.05, 0.1) is 27.5 Å². The highest BCUT2D eigenvalue weighted by Crippen LogP contribution is 2.34. The van der Waals surface area contributed by atoms with Crippen molar-refractivity contribution in [1.82, 2.24) is 19.7 Å². The number of anilines is 1. The Morgan fingerprint density at radius 2 is 2.00 bits per heavy atom. The molecule has 4 aromatic rings. The summed E-state index contributed by atoms with van der Waals surface area (Å²) in [5.41, 5.74) is 1.14. The third-order valence-electron chi connectivity index (χ3n) is 4.44. The number of carbonyl (C=O) groups excluding carboxylic acids is 1. The van der Waals surface area contributed by atoms with Crippen molar-refractivity contribution in [2.24, 2.45) is 7.05 Å². The van der Waals surface area contributed by atoms with Crippen LogP contribution in [0.4, 0.5) is 18.9 Å². The maximum atomic E-state index is 12.9. The number of hydrogen-bond acceptors (Lipinski definition) is 5. The summed E-state index contributed by atoms with van der Waals surface area (Å²) in [5, 5.41) is 11.8. The van der Waals surface area contributed by atoms with E-state index in [4.69, 9.17) is 11.6 Å². The van der Waals surface area contributed by atoms with Gasteiger partial charge in [-0.05, 0) is 36.4 Å². The summed E-state index contributed by atoms with van der Waals surface area (Å²) >= 11 is 10.4. The number of aryl methyl sites for hydroxylation is 1. The van der Waals surface area contributed by atoms with Crippen molar-refractivity contribution in [3.8, 4) is 0 Å². The molecule has 0 bridgehead atoms. The lowest BCUT2D eigenvalue weighted by Crippen LogP contribution is -2.15. The molecule has 0 saturated heterocycles. The molecule has 0 atom stereocenters. The summed E-state index contributed by atoms with van der Waals surface area (Å²) in [5.74, 6) is -0.675. The fourth-order valence-corrected chi connectivity index (χ4v) is 4.10. The fourth-order valence-electron chi connectivity index (χ4n) is 2.99. The highest BCUT2D eigenvalue weighted by molar-refractivity contribution is 9.10. The molecule has 0 aliphatic carbocycles. The standard InChI is InChI=1S/C19H12BrClF3N5OS/c1-29-14-5-3-10(20)7-11(14)16-17(29)26-18(28-27-16)31-8-15(30)25-13-6-9(19(22,23)24)2-4-12(13)21/h2-7H,8H2,1H3,(H,25,30). The second-order valence-corrected chi connectivity index (χ2v) is 8.78. The van der Waals surface area contributed by atoms with E-state index in [1.807, 2.05) is 29.8 Å². The average molecular weight is 531 g/mol. The average Bonchev–Trinajstić information content (AvgIpc) is 2.98. The summed E-state index contributed by atoms with van der Waals surface area (Å²) in [7, 11) is 1.85. The van der Waals surface area contributed by atoms with Gasteiger partial charge in [-0.3, -0.25) is 4.79 Å². The Morgan fingerprint density at radius 1 is 1.23 bits per heavy atom. The first-order chi connectivity index (χ1) is 14.6. The van der Waals surface area contributed by atoms with E-state index in [0.29, 0.717) is 11.2 Å². The second-order valence-electron chi connectivity index (χ2n) is 6.52.